The molecule has 1 aromatic rings. The second-order valence-electron chi connectivity index (χ2n) is 4.23. The van der Waals surface area contributed by atoms with Crippen LogP contribution in [-0.2, 0) is 6.42 Å². The number of aryl methyl sites for hydroxylation is 1. The zero-order valence-electron chi connectivity index (χ0n) is 10.4. The molecule has 0 saturated heterocycles. The van der Waals surface area contributed by atoms with Crippen LogP contribution in [0.25, 0.3) is 0 Å². The molecular weight excluding hydrogens is 182 g/mol. The van der Waals surface area contributed by atoms with E-state index >= 15 is 0 Å². The van der Waals surface area contributed by atoms with E-state index in [1.54, 1.807) is 0 Å². The maximum absolute atomic E-state index is 3.47. The van der Waals surface area contributed by atoms with Crippen LogP contribution >= 0.6 is 0 Å². The summed E-state index contributed by atoms with van der Waals surface area (Å²) in [6.07, 6.45) is 1.12. The molecule has 15 heavy (non-hydrogen) atoms. The van der Waals surface area contributed by atoms with E-state index in [-0.39, 0.29) is 0 Å². The lowest BCUT2D eigenvalue weighted by Crippen LogP contribution is -2.30. The first-order valence-corrected chi connectivity index (χ1v) is 6.01. The molecule has 1 N–H and O–H groups in total. The number of rotatable bonds is 5. The van der Waals surface area contributed by atoms with Crippen molar-refractivity contribution in [1.82, 2.24) is 5.32 Å². The van der Waals surface area contributed by atoms with Crippen molar-refractivity contribution in [2.75, 3.05) is 6.54 Å². The summed E-state index contributed by atoms with van der Waals surface area (Å²) in [5.41, 5.74) is 2.85. The van der Waals surface area contributed by atoms with Crippen LogP contribution in [0.3, 0.4) is 0 Å². The molecule has 0 aromatic heterocycles. The summed E-state index contributed by atoms with van der Waals surface area (Å²) in [5, 5.41) is 3.47. The van der Waals surface area contributed by atoms with Crippen molar-refractivity contribution >= 4 is 0 Å². The maximum Gasteiger partial charge on any atom is 0.0105 e. The summed E-state index contributed by atoms with van der Waals surface area (Å²) in [5.74, 6) is 0.579. The Hall–Kier alpha value is -0.820. The van der Waals surface area contributed by atoms with E-state index < -0.39 is 0 Å². The fourth-order valence-electron chi connectivity index (χ4n) is 1.84. The smallest absolute Gasteiger partial charge is 0.0105 e. The minimum atomic E-state index is 0.544. The van der Waals surface area contributed by atoms with Crippen LogP contribution in [0.15, 0.2) is 24.3 Å². The fraction of sp³-hybridized carbons (Fsp3) is 0.571. The first-order chi connectivity index (χ1) is 7.19. The molecule has 1 rings (SSSR count). The third-order valence-electron chi connectivity index (χ3n) is 3.19. The molecule has 0 aliphatic rings. The van der Waals surface area contributed by atoms with Crippen LogP contribution in [0.2, 0.25) is 0 Å². The molecule has 0 aliphatic carbocycles. The minimum absolute atomic E-state index is 0.544. The van der Waals surface area contributed by atoms with E-state index in [9.17, 15) is 0 Å². The molecule has 0 heterocycles. The molecule has 1 nitrogen and oxygen atoms in total. The van der Waals surface area contributed by atoms with Gasteiger partial charge in [0.1, 0.15) is 0 Å². The number of likely N-dealkylation sites (N-methyl/N-ethyl adjacent to an activating group) is 1. The van der Waals surface area contributed by atoms with Crippen LogP contribution in [0.1, 0.15) is 44.7 Å². The SMILES string of the molecule is CCNC(C)C(C)c1ccc(CC)cc1. The van der Waals surface area contributed by atoms with Crippen LogP contribution in [-0.4, -0.2) is 12.6 Å². The first-order valence-electron chi connectivity index (χ1n) is 6.01. The van der Waals surface area contributed by atoms with Gasteiger partial charge >= 0.3 is 0 Å². The largest absolute Gasteiger partial charge is 0.314 e. The van der Waals surface area contributed by atoms with Crippen molar-refractivity contribution in [3.05, 3.63) is 35.4 Å². The highest BCUT2D eigenvalue weighted by molar-refractivity contribution is 5.25. The van der Waals surface area contributed by atoms with Gasteiger partial charge in [-0.05, 0) is 36.9 Å². The summed E-state index contributed by atoms with van der Waals surface area (Å²) in [6, 6.07) is 9.55. The quantitative estimate of drug-likeness (QED) is 0.777. The third-order valence-corrected chi connectivity index (χ3v) is 3.19. The van der Waals surface area contributed by atoms with Gasteiger partial charge in [0.2, 0.25) is 0 Å². The summed E-state index contributed by atoms with van der Waals surface area (Å²) in [7, 11) is 0. The van der Waals surface area contributed by atoms with Gasteiger partial charge in [0, 0.05) is 6.04 Å². The van der Waals surface area contributed by atoms with Gasteiger partial charge in [0.25, 0.3) is 0 Å². The Kier molecular flexibility index (Phi) is 4.83. The Morgan fingerprint density at radius 2 is 1.67 bits per heavy atom. The monoisotopic (exact) mass is 205 g/mol. The molecule has 0 bridgehead atoms. The molecule has 0 saturated carbocycles. The van der Waals surface area contributed by atoms with Crippen LogP contribution in [0.5, 0.6) is 0 Å². The van der Waals surface area contributed by atoms with Gasteiger partial charge in [-0.15, -0.1) is 0 Å². The first kappa shape index (κ1) is 12.3. The number of benzene rings is 1. The fourth-order valence-corrected chi connectivity index (χ4v) is 1.84. The second-order valence-corrected chi connectivity index (χ2v) is 4.23. The van der Waals surface area contributed by atoms with Gasteiger partial charge in [-0.2, -0.15) is 0 Å². The predicted molar refractivity (Wildman–Crippen MR) is 67.4 cm³/mol. The van der Waals surface area contributed by atoms with Gasteiger partial charge in [-0.25, -0.2) is 0 Å². The van der Waals surface area contributed by atoms with Gasteiger partial charge < -0.3 is 5.32 Å². The summed E-state index contributed by atoms with van der Waals surface area (Å²) >= 11 is 0. The highest BCUT2D eigenvalue weighted by atomic mass is 14.9. The molecule has 84 valence electrons. The highest BCUT2D eigenvalue weighted by Gasteiger charge is 2.12. The Bertz CT molecular complexity index is 276. The molecule has 0 spiro atoms. The molecule has 0 radical (unpaired) electrons. The predicted octanol–water partition coefficient (Wildman–Crippen LogP) is 3.35. The molecule has 1 heteroatoms. The van der Waals surface area contributed by atoms with Gasteiger partial charge in [-0.1, -0.05) is 45.0 Å². The van der Waals surface area contributed by atoms with Crippen molar-refractivity contribution in [2.45, 2.75) is 46.1 Å². The summed E-state index contributed by atoms with van der Waals surface area (Å²) in [4.78, 5) is 0. The van der Waals surface area contributed by atoms with E-state index in [0.29, 0.717) is 12.0 Å². The van der Waals surface area contributed by atoms with Crippen molar-refractivity contribution in [3.8, 4) is 0 Å². The molecule has 0 fully saturated rings. The minimum Gasteiger partial charge on any atom is -0.314 e. The van der Waals surface area contributed by atoms with Crippen molar-refractivity contribution in [3.63, 3.8) is 0 Å². The average Bonchev–Trinajstić information content (AvgIpc) is 2.28. The summed E-state index contributed by atoms with van der Waals surface area (Å²) < 4.78 is 0. The molecular formula is C14H23N. The summed E-state index contributed by atoms with van der Waals surface area (Å²) in [6.45, 7) is 9.93. The second kappa shape index (κ2) is 5.92. The van der Waals surface area contributed by atoms with E-state index in [1.807, 2.05) is 0 Å². The maximum atomic E-state index is 3.47. The zero-order chi connectivity index (χ0) is 11.3. The molecule has 1 aromatic carbocycles. The number of nitrogens with one attached hydrogen (secondary N) is 1. The lowest BCUT2D eigenvalue weighted by molar-refractivity contribution is 0.495. The topological polar surface area (TPSA) is 12.0 Å². The Balaban J connectivity index is 2.69. The van der Waals surface area contributed by atoms with Crippen molar-refractivity contribution in [2.24, 2.45) is 0 Å². The van der Waals surface area contributed by atoms with Gasteiger partial charge in [-0.3, -0.25) is 0 Å². The number of hydrogen-bond acceptors (Lipinski definition) is 1. The van der Waals surface area contributed by atoms with Gasteiger partial charge in [0.15, 0.2) is 0 Å². The third kappa shape index (κ3) is 3.35. The van der Waals surface area contributed by atoms with E-state index in [2.05, 4.69) is 57.3 Å². The standard InChI is InChI=1S/C14H23N/c1-5-13-7-9-14(10-8-13)11(3)12(4)15-6-2/h7-12,15H,5-6H2,1-4H3. The van der Waals surface area contributed by atoms with E-state index in [4.69, 9.17) is 0 Å². The molecule has 2 atom stereocenters. The van der Waals surface area contributed by atoms with Crippen LogP contribution in [0, 0.1) is 0 Å². The van der Waals surface area contributed by atoms with Crippen LogP contribution in [0.4, 0.5) is 0 Å². The van der Waals surface area contributed by atoms with Crippen LogP contribution < -0.4 is 5.32 Å². The molecule has 2 unspecified atom stereocenters. The number of hydrogen-bond donors (Lipinski definition) is 1. The highest BCUT2D eigenvalue weighted by Crippen LogP contribution is 2.19. The van der Waals surface area contributed by atoms with E-state index in [1.165, 1.54) is 11.1 Å². The Morgan fingerprint density at radius 3 is 2.13 bits per heavy atom. The van der Waals surface area contributed by atoms with Crippen molar-refractivity contribution < 1.29 is 0 Å². The molecule has 0 amide bonds. The lowest BCUT2D eigenvalue weighted by atomic mass is 9.93. The average molecular weight is 205 g/mol. The van der Waals surface area contributed by atoms with Crippen molar-refractivity contribution in [1.29, 1.82) is 0 Å². The zero-order valence-corrected chi connectivity index (χ0v) is 10.4. The van der Waals surface area contributed by atoms with E-state index in [0.717, 1.165) is 13.0 Å². The molecule has 0 aliphatic heterocycles. The lowest BCUT2D eigenvalue weighted by Gasteiger charge is -2.21. The van der Waals surface area contributed by atoms with Gasteiger partial charge in [0.05, 0.1) is 0 Å². The normalized spacial score (nSPS) is 14.9. The Morgan fingerprint density at radius 1 is 1.07 bits per heavy atom. The Labute approximate surface area is 93.9 Å².